The molecule has 1 unspecified atom stereocenters. The first-order chi connectivity index (χ1) is 7.11. The minimum absolute atomic E-state index is 0.00817. The molecule has 0 aliphatic rings. The first kappa shape index (κ1) is 12.2. The smallest absolute Gasteiger partial charge is 0.222 e. The average molecular weight is 230 g/mol. The monoisotopic (exact) mass is 229 g/mol. The van der Waals surface area contributed by atoms with Crippen molar-refractivity contribution in [2.24, 2.45) is 5.92 Å². The van der Waals surface area contributed by atoms with Gasteiger partial charge >= 0.3 is 0 Å². The Morgan fingerprint density at radius 1 is 1.40 bits per heavy atom. The maximum Gasteiger partial charge on any atom is 0.222 e. The zero-order valence-corrected chi connectivity index (χ0v) is 9.70. The fourth-order valence-electron chi connectivity index (χ4n) is 1.32. The Kier molecular flexibility index (Phi) is 4.78. The van der Waals surface area contributed by atoms with Crippen LogP contribution >= 0.6 is 11.6 Å². The molecule has 5 heteroatoms. The van der Waals surface area contributed by atoms with Gasteiger partial charge in [-0.1, -0.05) is 25.4 Å². The number of rotatable bonds is 5. The summed E-state index contributed by atoms with van der Waals surface area (Å²) < 4.78 is 0. The van der Waals surface area contributed by atoms with Crippen LogP contribution in [0.4, 0.5) is 5.95 Å². The van der Waals surface area contributed by atoms with Crippen LogP contribution < -0.4 is 5.32 Å². The van der Waals surface area contributed by atoms with Gasteiger partial charge in [0.1, 0.15) is 0 Å². The number of aliphatic hydroxyl groups excluding tert-OH is 1. The number of hydrogen-bond acceptors (Lipinski definition) is 4. The van der Waals surface area contributed by atoms with Crippen LogP contribution in [0.15, 0.2) is 12.4 Å². The van der Waals surface area contributed by atoms with Crippen molar-refractivity contribution in [1.29, 1.82) is 0 Å². The molecule has 0 aliphatic heterocycles. The summed E-state index contributed by atoms with van der Waals surface area (Å²) in [5.74, 6) is 1.01. The van der Waals surface area contributed by atoms with Crippen LogP contribution in [0.5, 0.6) is 0 Å². The third-order valence-corrected chi connectivity index (χ3v) is 2.13. The Hall–Kier alpha value is -0.870. The standard InChI is InChI=1S/C10H16ClN3O/c1-7(2)3-9(6-15)14-10-12-4-8(11)5-13-10/h4-5,7,9,15H,3,6H2,1-2H3,(H,12,13,14). The highest BCUT2D eigenvalue weighted by Gasteiger charge is 2.10. The molecule has 15 heavy (non-hydrogen) atoms. The summed E-state index contributed by atoms with van der Waals surface area (Å²) in [7, 11) is 0. The summed E-state index contributed by atoms with van der Waals surface area (Å²) >= 11 is 5.66. The van der Waals surface area contributed by atoms with E-state index in [1.54, 1.807) is 0 Å². The number of nitrogens with one attached hydrogen (secondary N) is 1. The lowest BCUT2D eigenvalue weighted by Crippen LogP contribution is -2.26. The van der Waals surface area contributed by atoms with Crippen LogP contribution in [0.3, 0.4) is 0 Å². The summed E-state index contributed by atoms with van der Waals surface area (Å²) in [6.07, 6.45) is 3.93. The molecule has 0 spiro atoms. The zero-order valence-electron chi connectivity index (χ0n) is 8.94. The van der Waals surface area contributed by atoms with E-state index < -0.39 is 0 Å². The van der Waals surface area contributed by atoms with E-state index in [0.29, 0.717) is 16.9 Å². The number of hydrogen-bond donors (Lipinski definition) is 2. The van der Waals surface area contributed by atoms with E-state index in [1.165, 1.54) is 12.4 Å². The van der Waals surface area contributed by atoms with Gasteiger partial charge in [-0.05, 0) is 12.3 Å². The molecule has 0 aliphatic carbocycles. The summed E-state index contributed by atoms with van der Waals surface area (Å²) in [6, 6.07) is -0.00817. The molecule has 1 rings (SSSR count). The van der Waals surface area contributed by atoms with E-state index in [1.807, 2.05) is 0 Å². The molecule has 1 atom stereocenters. The molecule has 0 fully saturated rings. The second-order valence-electron chi connectivity index (χ2n) is 3.88. The largest absolute Gasteiger partial charge is 0.394 e. The quantitative estimate of drug-likeness (QED) is 0.810. The van der Waals surface area contributed by atoms with Gasteiger partial charge in [0.15, 0.2) is 0 Å². The minimum Gasteiger partial charge on any atom is -0.394 e. The third-order valence-electron chi connectivity index (χ3n) is 1.93. The molecular formula is C10H16ClN3O. The molecule has 4 nitrogen and oxygen atoms in total. The highest BCUT2D eigenvalue weighted by Crippen LogP contribution is 2.10. The Morgan fingerprint density at radius 2 is 2.00 bits per heavy atom. The maximum absolute atomic E-state index is 9.15. The second kappa shape index (κ2) is 5.88. The van der Waals surface area contributed by atoms with Gasteiger partial charge in [-0.25, -0.2) is 9.97 Å². The van der Waals surface area contributed by atoms with Gasteiger partial charge in [-0.2, -0.15) is 0 Å². The topological polar surface area (TPSA) is 58.0 Å². The number of anilines is 1. The van der Waals surface area contributed by atoms with Crippen molar-refractivity contribution >= 4 is 17.5 Å². The Bertz CT molecular complexity index is 289. The molecule has 0 radical (unpaired) electrons. The van der Waals surface area contributed by atoms with Gasteiger partial charge in [-0.15, -0.1) is 0 Å². The summed E-state index contributed by atoms with van der Waals surface area (Å²) in [5, 5.41) is 12.7. The molecule has 0 bridgehead atoms. The Labute approximate surface area is 94.7 Å². The van der Waals surface area contributed by atoms with E-state index in [4.69, 9.17) is 16.7 Å². The predicted octanol–water partition coefficient (Wildman–Crippen LogP) is 1.95. The van der Waals surface area contributed by atoms with Crippen molar-refractivity contribution < 1.29 is 5.11 Å². The second-order valence-corrected chi connectivity index (χ2v) is 4.31. The van der Waals surface area contributed by atoms with Crippen molar-refractivity contribution in [3.63, 3.8) is 0 Å². The van der Waals surface area contributed by atoms with Crippen LogP contribution in [-0.2, 0) is 0 Å². The summed E-state index contributed by atoms with van der Waals surface area (Å²) in [5.41, 5.74) is 0. The van der Waals surface area contributed by atoms with Crippen molar-refractivity contribution in [3.05, 3.63) is 17.4 Å². The lowest BCUT2D eigenvalue weighted by molar-refractivity contribution is 0.259. The SMILES string of the molecule is CC(C)CC(CO)Nc1ncc(Cl)cn1. The van der Waals surface area contributed by atoms with Crippen LogP contribution in [0.1, 0.15) is 20.3 Å². The molecule has 84 valence electrons. The van der Waals surface area contributed by atoms with Gasteiger partial charge in [0.25, 0.3) is 0 Å². The number of nitrogens with zero attached hydrogens (tertiary/aromatic N) is 2. The summed E-state index contributed by atoms with van der Waals surface area (Å²) in [6.45, 7) is 4.28. The highest BCUT2D eigenvalue weighted by molar-refractivity contribution is 6.30. The third kappa shape index (κ3) is 4.44. The molecular weight excluding hydrogens is 214 g/mol. The van der Waals surface area contributed by atoms with E-state index in [9.17, 15) is 0 Å². The van der Waals surface area contributed by atoms with Crippen molar-refractivity contribution in [2.75, 3.05) is 11.9 Å². The van der Waals surface area contributed by atoms with Gasteiger partial charge < -0.3 is 10.4 Å². The highest BCUT2D eigenvalue weighted by atomic mass is 35.5. The number of aliphatic hydroxyl groups is 1. The fourth-order valence-corrected chi connectivity index (χ4v) is 1.42. The molecule has 1 heterocycles. The Morgan fingerprint density at radius 3 is 2.47 bits per heavy atom. The van der Waals surface area contributed by atoms with Gasteiger partial charge in [0.2, 0.25) is 5.95 Å². The Balaban J connectivity index is 2.54. The fraction of sp³-hybridized carbons (Fsp3) is 0.600. The molecule has 0 amide bonds. The number of aromatic nitrogens is 2. The average Bonchev–Trinajstić information content (AvgIpc) is 2.19. The zero-order chi connectivity index (χ0) is 11.3. The normalized spacial score (nSPS) is 12.9. The van der Waals surface area contributed by atoms with Crippen molar-refractivity contribution in [1.82, 2.24) is 9.97 Å². The number of halogens is 1. The lowest BCUT2D eigenvalue weighted by atomic mass is 10.0. The lowest BCUT2D eigenvalue weighted by Gasteiger charge is -2.17. The minimum atomic E-state index is -0.00817. The first-order valence-corrected chi connectivity index (χ1v) is 5.34. The van der Waals surface area contributed by atoms with Crippen molar-refractivity contribution in [3.8, 4) is 0 Å². The first-order valence-electron chi connectivity index (χ1n) is 4.96. The molecule has 1 aromatic heterocycles. The molecule has 1 aromatic rings. The molecule has 0 saturated heterocycles. The van der Waals surface area contributed by atoms with Crippen LogP contribution in [-0.4, -0.2) is 27.7 Å². The maximum atomic E-state index is 9.15. The van der Waals surface area contributed by atoms with Gasteiger partial charge in [0, 0.05) is 0 Å². The predicted molar refractivity (Wildman–Crippen MR) is 61.0 cm³/mol. The van der Waals surface area contributed by atoms with Crippen LogP contribution in [0, 0.1) is 5.92 Å². The van der Waals surface area contributed by atoms with Gasteiger partial charge in [-0.3, -0.25) is 0 Å². The van der Waals surface area contributed by atoms with E-state index >= 15 is 0 Å². The van der Waals surface area contributed by atoms with E-state index in [-0.39, 0.29) is 12.6 Å². The molecule has 0 aromatic carbocycles. The molecule has 0 saturated carbocycles. The van der Waals surface area contributed by atoms with E-state index in [0.717, 1.165) is 6.42 Å². The summed E-state index contributed by atoms with van der Waals surface area (Å²) in [4.78, 5) is 8.02. The van der Waals surface area contributed by atoms with Gasteiger partial charge in [0.05, 0.1) is 30.1 Å². The molecule has 2 N–H and O–H groups in total. The van der Waals surface area contributed by atoms with Crippen molar-refractivity contribution in [2.45, 2.75) is 26.3 Å². The van der Waals surface area contributed by atoms with Crippen LogP contribution in [0.25, 0.3) is 0 Å². The van der Waals surface area contributed by atoms with E-state index in [2.05, 4.69) is 29.1 Å². The van der Waals surface area contributed by atoms with Crippen LogP contribution in [0.2, 0.25) is 5.02 Å².